The summed E-state index contributed by atoms with van der Waals surface area (Å²) in [7, 11) is 0. The molecule has 5 aromatic rings. The van der Waals surface area contributed by atoms with Gasteiger partial charge in [-0.05, 0) is 59.9 Å². The topological polar surface area (TPSA) is 27.1 Å². The first-order valence-electron chi connectivity index (χ1n) is 11.5. The van der Waals surface area contributed by atoms with Crippen LogP contribution in [0.2, 0.25) is 0 Å². The minimum absolute atomic E-state index is 0.602. The van der Waals surface area contributed by atoms with E-state index < -0.39 is 0 Å². The molecule has 0 amide bonds. The van der Waals surface area contributed by atoms with Crippen molar-refractivity contribution in [3.63, 3.8) is 0 Å². The van der Waals surface area contributed by atoms with Crippen molar-refractivity contribution in [2.45, 2.75) is 26.8 Å². The van der Waals surface area contributed by atoms with Gasteiger partial charge in [0, 0.05) is 6.42 Å². The van der Waals surface area contributed by atoms with Crippen LogP contribution < -0.4 is 4.74 Å². The highest BCUT2D eigenvalue weighted by Crippen LogP contribution is 2.24. The Kier molecular flexibility index (Phi) is 5.95. The van der Waals surface area contributed by atoms with Crippen LogP contribution in [0.15, 0.2) is 97.1 Å². The van der Waals surface area contributed by atoms with Crippen LogP contribution in [0.1, 0.15) is 22.5 Å². The van der Waals surface area contributed by atoms with Crippen LogP contribution in [-0.4, -0.2) is 16.2 Å². The average molecular weight is 433 g/mol. The standard InChI is InChI=1S/C30H28N2O/c1-22-9-8-14-29(23(22)2)33-20-19-32-28-13-7-6-12-27(28)31-30(32)21-24-15-17-26(18-16-24)25-10-4-3-5-11-25/h3-18H,19-21H2,1-2H3. The summed E-state index contributed by atoms with van der Waals surface area (Å²) in [4.78, 5) is 4.95. The molecule has 33 heavy (non-hydrogen) atoms. The fraction of sp³-hybridized carbons (Fsp3) is 0.167. The van der Waals surface area contributed by atoms with Crippen molar-refractivity contribution in [2.75, 3.05) is 6.61 Å². The third-order valence-corrected chi connectivity index (χ3v) is 6.28. The molecule has 5 rings (SSSR count). The first-order valence-corrected chi connectivity index (χ1v) is 11.5. The Hall–Kier alpha value is -3.85. The molecule has 0 aliphatic heterocycles. The van der Waals surface area contributed by atoms with Crippen LogP contribution >= 0.6 is 0 Å². The van der Waals surface area contributed by atoms with Crippen LogP contribution in [0.25, 0.3) is 22.2 Å². The quantitative estimate of drug-likeness (QED) is 0.277. The summed E-state index contributed by atoms with van der Waals surface area (Å²) in [5.74, 6) is 2.02. The van der Waals surface area contributed by atoms with Crippen molar-refractivity contribution in [3.05, 3.63) is 120 Å². The summed E-state index contributed by atoms with van der Waals surface area (Å²) in [5.41, 5.74) is 8.35. The van der Waals surface area contributed by atoms with Gasteiger partial charge in [0.25, 0.3) is 0 Å². The lowest BCUT2D eigenvalue weighted by atomic mass is 10.0. The molecule has 0 spiro atoms. The summed E-state index contributed by atoms with van der Waals surface area (Å²) in [6.07, 6.45) is 0.785. The van der Waals surface area contributed by atoms with Gasteiger partial charge in [-0.25, -0.2) is 4.98 Å². The number of benzene rings is 4. The Morgan fingerprint density at radius 2 is 1.45 bits per heavy atom. The van der Waals surface area contributed by atoms with Crippen molar-refractivity contribution < 1.29 is 4.74 Å². The van der Waals surface area contributed by atoms with Gasteiger partial charge in [-0.1, -0.05) is 78.9 Å². The minimum Gasteiger partial charge on any atom is -0.491 e. The van der Waals surface area contributed by atoms with E-state index in [0.717, 1.165) is 35.6 Å². The van der Waals surface area contributed by atoms with Gasteiger partial charge in [0.15, 0.2) is 0 Å². The van der Waals surface area contributed by atoms with Crippen molar-refractivity contribution in [3.8, 4) is 16.9 Å². The van der Waals surface area contributed by atoms with Crippen LogP contribution in [-0.2, 0) is 13.0 Å². The molecule has 0 unspecified atom stereocenters. The SMILES string of the molecule is Cc1cccc(OCCn2c(Cc3ccc(-c4ccccc4)cc3)nc3ccccc32)c1C. The van der Waals surface area contributed by atoms with Crippen LogP contribution in [0.4, 0.5) is 0 Å². The van der Waals surface area contributed by atoms with Crippen molar-refractivity contribution >= 4 is 11.0 Å². The van der Waals surface area contributed by atoms with Gasteiger partial charge in [-0.15, -0.1) is 0 Å². The second kappa shape index (κ2) is 9.33. The van der Waals surface area contributed by atoms with E-state index in [4.69, 9.17) is 9.72 Å². The molecule has 0 fully saturated rings. The van der Waals surface area contributed by atoms with Crippen molar-refractivity contribution in [1.82, 2.24) is 9.55 Å². The zero-order valence-electron chi connectivity index (χ0n) is 19.2. The number of fused-ring (bicyclic) bond motifs is 1. The molecule has 0 aliphatic carbocycles. The Morgan fingerprint density at radius 1 is 0.727 bits per heavy atom. The van der Waals surface area contributed by atoms with Gasteiger partial charge in [-0.3, -0.25) is 0 Å². The van der Waals surface area contributed by atoms with E-state index in [1.807, 2.05) is 18.2 Å². The fourth-order valence-corrected chi connectivity index (χ4v) is 4.27. The second-order valence-electron chi connectivity index (χ2n) is 8.45. The zero-order valence-corrected chi connectivity index (χ0v) is 19.2. The molecule has 1 heterocycles. The summed E-state index contributed by atoms with van der Waals surface area (Å²) in [6, 6.07) is 33.8. The molecule has 0 radical (unpaired) electrons. The van der Waals surface area contributed by atoms with E-state index in [2.05, 4.69) is 97.3 Å². The lowest BCUT2D eigenvalue weighted by molar-refractivity contribution is 0.296. The lowest BCUT2D eigenvalue weighted by Crippen LogP contribution is -2.12. The number of aromatic nitrogens is 2. The van der Waals surface area contributed by atoms with E-state index in [0.29, 0.717) is 6.61 Å². The van der Waals surface area contributed by atoms with E-state index in [-0.39, 0.29) is 0 Å². The maximum absolute atomic E-state index is 6.16. The van der Waals surface area contributed by atoms with Crippen LogP contribution in [0.3, 0.4) is 0 Å². The molecule has 3 heteroatoms. The predicted molar refractivity (Wildman–Crippen MR) is 136 cm³/mol. The van der Waals surface area contributed by atoms with E-state index >= 15 is 0 Å². The van der Waals surface area contributed by atoms with Crippen LogP contribution in [0, 0.1) is 13.8 Å². The van der Waals surface area contributed by atoms with Crippen molar-refractivity contribution in [2.24, 2.45) is 0 Å². The molecule has 0 saturated heterocycles. The highest BCUT2D eigenvalue weighted by molar-refractivity contribution is 5.76. The molecule has 0 bridgehead atoms. The molecule has 1 aromatic heterocycles. The van der Waals surface area contributed by atoms with E-state index in [9.17, 15) is 0 Å². The Balaban J connectivity index is 1.37. The highest BCUT2D eigenvalue weighted by Gasteiger charge is 2.12. The molecule has 3 nitrogen and oxygen atoms in total. The zero-order chi connectivity index (χ0) is 22.6. The summed E-state index contributed by atoms with van der Waals surface area (Å²) in [6.45, 7) is 5.59. The van der Waals surface area contributed by atoms with E-state index in [1.165, 1.54) is 27.8 Å². The molecule has 0 atom stereocenters. The highest BCUT2D eigenvalue weighted by atomic mass is 16.5. The van der Waals surface area contributed by atoms with Gasteiger partial charge in [0.2, 0.25) is 0 Å². The Morgan fingerprint density at radius 3 is 2.27 bits per heavy atom. The van der Waals surface area contributed by atoms with Gasteiger partial charge in [0.05, 0.1) is 17.6 Å². The first kappa shape index (κ1) is 21.0. The molecule has 164 valence electrons. The number of hydrogen-bond donors (Lipinski definition) is 0. The van der Waals surface area contributed by atoms with Crippen molar-refractivity contribution in [1.29, 1.82) is 0 Å². The monoisotopic (exact) mass is 432 g/mol. The lowest BCUT2D eigenvalue weighted by Gasteiger charge is -2.13. The number of nitrogens with zero attached hydrogens (tertiary/aromatic N) is 2. The number of ether oxygens (including phenoxy) is 1. The average Bonchev–Trinajstić information content (AvgIpc) is 3.20. The summed E-state index contributed by atoms with van der Waals surface area (Å²) < 4.78 is 8.46. The molecular weight excluding hydrogens is 404 g/mol. The minimum atomic E-state index is 0.602. The maximum atomic E-state index is 6.16. The second-order valence-corrected chi connectivity index (χ2v) is 8.45. The third-order valence-electron chi connectivity index (χ3n) is 6.28. The van der Waals surface area contributed by atoms with Gasteiger partial charge >= 0.3 is 0 Å². The molecule has 0 N–H and O–H groups in total. The number of rotatable bonds is 7. The van der Waals surface area contributed by atoms with Gasteiger partial charge in [-0.2, -0.15) is 0 Å². The Bertz CT molecular complexity index is 1370. The van der Waals surface area contributed by atoms with Gasteiger partial charge in [0.1, 0.15) is 18.2 Å². The largest absolute Gasteiger partial charge is 0.491 e. The van der Waals surface area contributed by atoms with Crippen LogP contribution in [0.5, 0.6) is 5.75 Å². The number of hydrogen-bond acceptors (Lipinski definition) is 2. The van der Waals surface area contributed by atoms with E-state index in [1.54, 1.807) is 0 Å². The smallest absolute Gasteiger partial charge is 0.122 e. The predicted octanol–water partition coefficient (Wildman–Crippen LogP) is 6.99. The Labute approximate surface area is 195 Å². The third kappa shape index (κ3) is 4.54. The first-order chi connectivity index (χ1) is 16.2. The molecule has 0 aliphatic rings. The fourth-order valence-electron chi connectivity index (χ4n) is 4.27. The number of aryl methyl sites for hydroxylation is 1. The molecule has 4 aromatic carbocycles. The summed E-state index contributed by atoms with van der Waals surface area (Å²) in [5, 5.41) is 0. The number of para-hydroxylation sites is 2. The summed E-state index contributed by atoms with van der Waals surface area (Å²) >= 11 is 0. The van der Waals surface area contributed by atoms with Gasteiger partial charge < -0.3 is 9.30 Å². The molecular formula is C30H28N2O. The maximum Gasteiger partial charge on any atom is 0.122 e. The molecule has 0 saturated carbocycles. The normalized spacial score (nSPS) is 11.1. The number of imidazole rings is 1.